The van der Waals surface area contributed by atoms with Crippen LogP contribution in [0.25, 0.3) is 0 Å². The Morgan fingerprint density at radius 3 is 2.37 bits per heavy atom. The van der Waals surface area contributed by atoms with Crippen LogP contribution in [0, 0.1) is 0 Å². The van der Waals surface area contributed by atoms with E-state index in [9.17, 15) is 4.79 Å². The van der Waals surface area contributed by atoms with Crippen molar-refractivity contribution in [2.24, 2.45) is 0 Å². The van der Waals surface area contributed by atoms with Gasteiger partial charge in [0, 0.05) is 30.7 Å². The molecule has 27 heavy (non-hydrogen) atoms. The molecule has 2 fully saturated rings. The molecule has 2 saturated heterocycles. The lowest BCUT2D eigenvalue weighted by atomic mass is 9.81. The van der Waals surface area contributed by atoms with Crippen LogP contribution in [0.4, 0.5) is 0 Å². The monoisotopic (exact) mass is 364 g/mol. The van der Waals surface area contributed by atoms with E-state index in [1.165, 1.54) is 12.0 Å². The highest BCUT2D eigenvalue weighted by Crippen LogP contribution is 2.44. The number of hydrogen-bond donors (Lipinski definition) is 1. The lowest BCUT2D eigenvalue weighted by Crippen LogP contribution is -2.52. The third-order valence-electron chi connectivity index (χ3n) is 6.57. The molecule has 0 radical (unpaired) electrons. The van der Waals surface area contributed by atoms with Gasteiger partial charge in [-0.25, -0.2) is 0 Å². The molecule has 2 aromatic rings. The first-order valence-electron chi connectivity index (χ1n) is 9.86. The zero-order valence-electron chi connectivity index (χ0n) is 16.0. The Labute approximate surface area is 161 Å². The van der Waals surface area contributed by atoms with Crippen LogP contribution >= 0.6 is 0 Å². The molecular formula is C23H28N2O2. The zero-order valence-corrected chi connectivity index (χ0v) is 16.0. The van der Waals surface area contributed by atoms with Crippen molar-refractivity contribution in [3.05, 3.63) is 71.3 Å². The molecule has 142 valence electrons. The van der Waals surface area contributed by atoms with Gasteiger partial charge in [-0.3, -0.25) is 9.69 Å². The minimum Gasteiger partial charge on any atom is -0.392 e. The number of likely N-dealkylation sites (N-methyl/N-ethyl adjacent to an activating group) is 1. The van der Waals surface area contributed by atoms with Crippen molar-refractivity contribution in [3.8, 4) is 0 Å². The predicted octanol–water partition coefficient (Wildman–Crippen LogP) is 3.27. The lowest BCUT2D eigenvalue weighted by molar-refractivity contribution is 0.0492. The Morgan fingerprint density at radius 2 is 1.74 bits per heavy atom. The van der Waals surface area contributed by atoms with Crippen molar-refractivity contribution < 1.29 is 9.90 Å². The van der Waals surface area contributed by atoms with Gasteiger partial charge in [0.1, 0.15) is 0 Å². The SMILES string of the molecule is CN1C[C@@H](c2ccccc2)CC12CCN(C(=O)c1ccc(CO)cc1)CC2. The van der Waals surface area contributed by atoms with E-state index >= 15 is 0 Å². The van der Waals surface area contributed by atoms with E-state index in [1.807, 2.05) is 29.2 Å². The van der Waals surface area contributed by atoms with E-state index in [4.69, 9.17) is 5.11 Å². The molecule has 0 aromatic heterocycles. The molecular weight excluding hydrogens is 336 g/mol. The van der Waals surface area contributed by atoms with Gasteiger partial charge in [0.2, 0.25) is 0 Å². The van der Waals surface area contributed by atoms with Crippen molar-refractivity contribution in [3.63, 3.8) is 0 Å². The highest BCUT2D eigenvalue weighted by molar-refractivity contribution is 5.94. The summed E-state index contributed by atoms with van der Waals surface area (Å²) in [5.41, 5.74) is 3.20. The fourth-order valence-electron chi connectivity index (χ4n) is 4.80. The highest BCUT2D eigenvalue weighted by Gasteiger charge is 2.46. The molecule has 2 aliphatic rings. The van der Waals surface area contributed by atoms with E-state index in [0.29, 0.717) is 11.5 Å². The summed E-state index contributed by atoms with van der Waals surface area (Å²) in [6, 6.07) is 18.1. The summed E-state index contributed by atoms with van der Waals surface area (Å²) in [5.74, 6) is 0.694. The van der Waals surface area contributed by atoms with E-state index in [0.717, 1.165) is 38.0 Å². The zero-order chi connectivity index (χ0) is 18.9. The van der Waals surface area contributed by atoms with Crippen LogP contribution in [-0.4, -0.2) is 53.0 Å². The van der Waals surface area contributed by atoms with Crippen LogP contribution in [0.1, 0.15) is 46.7 Å². The standard InChI is InChI=1S/C23H28N2O2/c1-24-16-21(19-5-3-2-4-6-19)15-23(24)11-13-25(14-12-23)22(27)20-9-7-18(17-26)8-10-20/h2-10,21,26H,11-17H2,1H3/t21-/m0/s1. The molecule has 1 atom stereocenters. The van der Waals surface area contributed by atoms with E-state index in [1.54, 1.807) is 0 Å². The van der Waals surface area contributed by atoms with Crippen molar-refractivity contribution in [1.82, 2.24) is 9.80 Å². The molecule has 0 bridgehead atoms. The van der Waals surface area contributed by atoms with Crippen molar-refractivity contribution in [1.29, 1.82) is 0 Å². The maximum atomic E-state index is 12.8. The Balaban J connectivity index is 1.41. The Kier molecular flexibility index (Phi) is 5.02. The fourth-order valence-corrected chi connectivity index (χ4v) is 4.80. The molecule has 4 rings (SSSR count). The highest BCUT2D eigenvalue weighted by atomic mass is 16.3. The molecule has 2 heterocycles. The molecule has 4 nitrogen and oxygen atoms in total. The second-order valence-electron chi connectivity index (χ2n) is 8.06. The number of hydrogen-bond acceptors (Lipinski definition) is 3. The molecule has 2 aliphatic heterocycles. The lowest BCUT2D eigenvalue weighted by Gasteiger charge is -2.43. The number of benzene rings is 2. The molecule has 2 aromatic carbocycles. The predicted molar refractivity (Wildman–Crippen MR) is 107 cm³/mol. The third-order valence-corrected chi connectivity index (χ3v) is 6.57. The molecule has 1 N–H and O–H groups in total. The first kappa shape index (κ1) is 18.2. The summed E-state index contributed by atoms with van der Waals surface area (Å²) < 4.78 is 0. The van der Waals surface area contributed by atoms with Gasteiger partial charge in [-0.1, -0.05) is 42.5 Å². The first-order chi connectivity index (χ1) is 13.1. The normalized spacial score (nSPS) is 22.3. The quantitative estimate of drug-likeness (QED) is 0.909. The van der Waals surface area contributed by atoms with Crippen LogP contribution in [-0.2, 0) is 6.61 Å². The van der Waals surface area contributed by atoms with E-state index in [-0.39, 0.29) is 18.1 Å². The number of aliphatic hydroxyl groups is 1. The van der Waals surface area contributed by atoms with E-state index < -0.39 is 0 Å². The van der Waals surface area contributed by atoms with Gasteiger partial charge in [-0.05, 0) is 55.5 Å². The number of aliphatic hydroxyl groups excluding tert-OH is 1. The maximum Gasteiger partial charge on any atom is 0.253 e. The van der Waals surface area contributed by atoms with Gasteiger partial charge >= 0.3 is 0 Å². The van der Waals surface area contributed by atoms with Crippen LogP contribution in [0.2, 0.25) is 0 Å². The number of piperidine rings is 1. The minimum absolute atomic E-state index is 0.00954. The van der Waals surface area contributed by atoms with Gasteiger partial charge in [0.15, 0.2) is 0 Å². The largest absolute Gasteiger partial charge is 0.392 e. The van der Waals surface area contributed by atoms with Crippen molar-refractivity contribution in [2.75, 3.05) is 26.7 Å². The number of carbonyl (C=O) groups is 1. The summed E-state index contributed by atoms with van der Waals surface area (Å²) in [5, 5.41) is 9.16. The van der Waals surface area contributed by atoms with E-state index in [2.05, 4.69) is 42.3 Å². The Bertz CT molecular complexity index is 780. The first-order valence-corrected chi connectivity index (χ1v) is 9.86. The average molecular weight is 364 g/mol. The summed E-state index contributed by atoms with van der Waals surface area (Å²) >= 11 is 0. The number of carbonyl (C=O) groups excluding carboxylic acids is 1. The number of likely N-dealkylation sites (tertiary alicyclic amines) is 2. The molecule has 0 saturated carbocycles. The summed E-state index contributed by atoms with van der Waals surface area (Å²) in [4.78, 5) is 17.3. The van der Waals surface area contributed by atoms with Gasteiger partial charge < -0.3 is 10.0 Å². The van der Waals surface area contributed by atoms with Gasteiger partial charge in [0.25, 0.3) is 5.91 Å². The average Bonchev–Trinajstić information content (AvgIpc) is 3.05. The van der Waals surface area contributed by atoms with Crippen molar-refractivity contribution in [2.45, 2.75) is 37.3 Å². The van der Waals surface area contributed by atoms with Gasteiger partial charge in [-0.2, -0.15) is 0 Å². The Hall–Kier alpha value is -2.17. The summed E-state index contributed by atoms with van der Waals surface area (Å²) in [6.07, 6.45) is 3.25. The number of amides is 1. The third kappa shape index (κ3) is 3.52. The number of rotatable bonds is 3. The summed E-state index contributed by atoms with van der Waals surface area (Å²) in [7, 11) is 2.24. The second kappa shape index (κ2) is 7.45. The molecule has 0 aliphatic carbocycles. The minimum atomic E-state index is 0.00954. The molecule has 4 heteroatoms. The van der Waals surface area contributed by atoms with Gasteiger partial charge in [-0.15, -0.1) is 0 Å². The molecule has 0 unspecified atom stereocenters. The second-order valence-corrected chi connectivity index (χ2v) is 8.06. The molecule has 1 amide bonds. The Morgan fingerprint density at radius 1 is 1.07 bits per heavy atom. The smallest absolute Gasteiger partial charge is 0.253 e. The van der Waals surface area contributed by atoms with Crippen LogP contribution in [0.3, 0.4) is 0 Å². The van der Waals surface area contributed by atoms with Gasteiger partial charge in [0.05, 0.1) is 6.61 Å². The van der Waals surface area contributed by atoms with Crippen LogP contribution < -0.4 is 0 Å². The molecule has 1 spiro atoms. The topological polar surface area (TPSA) is 43.8 Å². The maximum absolute atomic E-state index is 12.8. The number of nitrogens with zero attached hydrogens (tertiary/aromatic N) is 2. The summed E-state index contributed by atoms with van der Waals surface area (Å²) in [6.45, 7) is 2.73. The fraction of sp³-hybridized carbons (Fsp3) is 0.435. The van der Waals surface area contributed by atoms with Crippen molar-refractivity contribution >= 4 is 5.91 Å². The van der Waals surface area contributed by atoms with Crippen LogP contribution in [0.15, 0.2) is 54.6 Å². The van der Waals surface area contributed by atoms with Crippen LogP contribution in [0.5, 0.6) is 0 Å².